The molecule has 4 saturated carbocycles. The van der Waals surface area contributed by atoms with E-state index in [1.807, 2.05) is 0 Å². The van der Waals surface area contributed by atoms with E-state index in [0.29, 0.717) is 0 Å². The maximum atomic E-state index is 10.3. The lowest BCUT2D eigenvalue weighted by Gasteiger charge is -2.46. The van der Waals surface area contributed by atoms with Gasteiger partial charge in [0.25, 0.3) is 0 Å². The summed E-state index contributed by atoms with van der Waals surface area (Å²) in [6.45, 7) is 3.28. The molecule has 1 aliphatic heterocycles. The van der Waals surface area contributed by atoms with Crippen molar-refractivity contribution < 1.29 is 9.84 Å². The highest BCUT2D eigenvalue weighted by Crippen LogP contribution is 2.74. The zero-order chi connectivity index (χ0) is 12.1. The largest absolute Gasteiger partial charge is 0.367 e. The molecule has 4 bridgehead atoms. The molecule has 9 atom stereocenters. The highest BCUT2D eigenvalue weighted by Gasteiger charge is 2.70. The van der Waals surface area contributed by atoms with Crippen molar-refractivity contribution in [2.45, 2.75) is 45.3 Å². The molecule has 0 aromatic carbocycles. The van der Waals surface area contributed by atoms with Gasteiger partial charge < -0.3 is 9.84 Å². The highest BCUT2D eigenvalue weighted by atomic mass is 16.6. The summed E-state index contributed by atoms with van der Waals surface area (Å²) in [5.74, 6) is 6.73. The average molecular weight is 248 g/mol. The normalized spacial score (nSPS) is 68.3. The van der Waals surface area contributed by atoms with Gasteiger partial charge in [-0.25, -0.2) is 0 Å². The van der Waals surface area contributed by atoms with Crippen molar-refractivity contribution in [1.82, 2.24) is 0 Å². The molecule has 9 unspecified atom stereocenters. The van der Waals surface area contributed by atoms with E-state index < -0.39 is 6.29 Å². The lowest BCUT2D eigenvalue weighted by atomic mass is 9.59. The molecule has 0 aromatic rings. The first-order valence-electron chi connectivity index (χ1n) is 8.00. The monoisotopic (exact) mass is 248 g/mol. The molecule has 2 nitrogen and oxygen atoms in total. The van der Waals surface area contributed by atoms with Crippen LogP contribution in [0.2, 0.25) is 0 Å². The van der Waals surface area contributed by atoms with E-state index in [9.17, 15) is 5.11 Å². The van der Waals surface area contributed by atoms with E-state index >= 15 is 0 Å². The van der Waals surface area contributed by atoms with Crippen LogP contribution in [-0.4, -0.2) is 18.0 Å². The zero-order valence-electron chi connectivity index (χ0n) is 11.2. The topological polar surface area (TPSA) is 29.5 Å². The third kappa shape index (κ3) is 0.987. The van der Waals surface area contributed by atoms with E-state index in [-0.39, 0.29) is 5.41 Å². The molecule has 1 N–H and O–H groups in total. The summed E-state index contributed by atoms with van der Waals surface area (Å²) >= 11 is 0. The Morgan fingerprint density at radius 3 is 2.78 bits per heavy atom. The van der Waals surface area contributed by atoms with E-state index in [0.717, 1.165) is 54.5 Å². The molecule has 1 spiro atoms. The summed E-state index contributed by atoms with van der Waals surface area (Å²) in [6.07, 6.45) is 6.36. The van der Waals surface area contributed by atoms with Gasteiger partial charge in [0.05, 0.1) is 6.61 Å². The van der Waals surface area contributed by atoms with Gasteiger partial charge in [0.15, 0.2) is 6.29 Å². The Labute approximate surface area is 109 Å². The summed E-state index contributed by atoms with van der Waals surface area (Å²) in [6, 6.07) is 0. The molecule has 2 heteroatoms. The number of fused-ring (bicyclic) bond motifs is 10. The Hall–Kier alpha value is -0.0800. The molecule has 4 aliphatic carbocycles. The first kappa shape index (κ1) is 10.7. The van der Waals surface area contributed by atoms with Crippen LogP contribution in [0.4, 0.5) is 0 Å². The van der Waals surface area contributed by atoms with E-state index in [2.05, 4.69) is 6.92 Å². The minimum Gasteiger partial charge on any atom is -0.367 e. The van der Waals surface area contributed by atoms with E-state index in [1.54, 1.807) is 0 Å². The highest BCUT2D eigenvalue weighted by molar-refractivity contribution is 5.17. The fourth-order valence-electron chi connectivity index (χ4n) is 7.38. The number of rotatable bonds is 0. The van der Waals surface area contributed by atoms with E-state index in [4.69, 9.17) is 4.74 Å². The van der Waals surface area contributed by atoms with Crippen LogP contribution >= 0.6 is 0 Å². The van der Waals surface area contributed by atoms with Gasteiger partial charge in [0.2, 0.25) is 0 Å². The molecule has 0 radical (unpaired) electrons. The molecule has 1 heterocycles. The van der Waals surface area contributed by atoms with Crippen LogP contribution < -0.4 is 0 Å². The number of aliphatic hydroxyl groups excluding tert-OH is 1. The second-order valence-electron chi connectivity index (χ2n) is 8.04. The maximum absolute atomic E-state index is 10.3. The Kier molecular flexibility index (Phi) is 1.87. The fourth-order valence-corrected chi connectivity index (χ4v) is 7.38. The smallest absolute Gasteiger partial charge is 0.160 e. The van der Waals surface area contributed by atoms with E-state index in [1.165, 1.54) is 25.7 Å². The average Bonchev–Trinajstić information content (AvgIpc) is 3.05. The van der Waals surface area contributed by atoms with Gasteiger partial charge in [-0.05, 0) is 73.5 Å². The van der Waals surface area contributed by atoms with Gasteiger partial charge in [-0.3, -0.25) is 0 Å². The molecule has 0 amide bonds. The molecule has 5 rings (SSSR count). The standard InChI is InChI=1S/C16H24O2/c1-8-4-9-5-11(8)13-10-6-12(14(9)13)16(7-10)2-3-18-15(16)17/h8-15,17H,2-7H2,1H3. The lowest BCUT2D eigenvalue weighted by molar-refractivity contribution is -0.150. The van der Waals surface area contributed by atoms with Crippen molar-refractivity contribution in [2.24, 2.45) is 46.8 Å². The molecule has 5 aliphatic rings. The third-order valence-electron chi connectivity index (χ3n) is 7.74. The van der Waals surface area contributed by atoms with Gasteiger partial charge in [-0.2, -0.15) is 0 Å². The summed E-state index contributed by atoms with van der Waals surface area (Å²) in [5.41, 5.74) is 0.180. The summed E-state index contributed by atoms with van der Waals surface area (Å²) in [4.78, 5) is 0. The lowest BCUT2D eigenvalue weighted by Crippen LogP contribution is -2.45. The first-order chi connectivity index (χ1) is 8.71. The summed E-state index contributed by atoms with van der Waals surface area (Å²) in [7, 11) is 0. The van der Waals surface area contributed by atoms with Gasteiger partial charge >= 0.3 is 0 Å². The maximum Gasteiger partial charge on any atom is 0.160 e. The van der Waals surface area contributed by atoms with Gasteiger partial charge in [-0.1, -0.05) is 6.92 Å². The fraction of sp³-hybridized carbons (Fsp3) is 1.00. The molecular formula is C16H24O2. The van der Waals surface area contributed by atoms with Crippen LogP contribution in [0.25, 0.3) is 0 Å². The van der Waals surface area contributed by atoms with Crippen LogP contribution in [0.3, 0.4) is 0 Å². The van der Waals surface area contributed by atoms with Crippen LogP contribution in [0.5, 0.6) is 0 Å². The van der Waals surface area contributed by atoms with Crippen molar-refractivity contribution in [3.05, 3.63) is 0 Å². The predicted molar refractivity (Wildman–Crippen MR) is 67.6 cm³/mol. The Morgan fingerprint density at radius 1 is 1.11 bits per heavy atom. The van der Waals surface area contributed by atoms with Crippen molar-refractivity contribution in [2.75, 3.05) is 6.61 Å². The molecule has 18 heavy (non-hydrogen) atoms. The van der Waals surface area contributed by atoms with Crippen LogP contribution in [0.15, 0.2) is 0 Å². The number of aliphatic hydroxyl groups is 1. The van der Waals surface area contributed by atoms with Gasteiger partial charge in [-0.15, -0.1) is 0 Å². The second-order valence-corrected chi connectivity index (χ2v) is 8.04. The SMILES string of the molecule is CC1CC2CC1C1C3CC(C21)C1(CCOC1O)C3. The zero-order valence-corrected chi connectivity index (χ0v) is 11.2. The van der Waals surface area contributed by atoms with Gasteiger partial charge in [0.1, 0.15) is 0 Å². The Balaban J connectivity index is 1.53. The van der Waals surface area contributed by atoms with Gasteiger partial charge in [0, 0.05) is 5.41 Å². The van der Waals surface area contributed by atoms with Crippen molar-refractivity contribution in [3.63, 3.8) is 0 Å². The quantitative estimate of drug-likeness (QED) is 0.668. The molecule has 5 fully saturated rings. The van der Waals surface area contributed by atoms with Crippen molar-refractivity contribution in [1.29, 1.82) is 0 Å². The second kappa shape index (κ2) is 3.15. The summed E-state index contributed by atoms with van der Waals surface area (Å²) < 4.78 is 5.55. The number of ether oxygens (including phenoxy) is 1. The number of hydrogen-bond acceptors (Lipinski definition) is 2. The first-order valence-corrected chi connectivity index (χ1v) is 8.00. The Morgan fingerprint density at radius 2 is 2.00 bits per heavy atom. The van der Waals surface area contributed by atoms with Crippen LogP contribution in [0.1, 0.15) is 39.0 Å². The van der Waals surface area contributed by atoms with Crippen LogP contribution in [0, 0.1) is 46.8 Å². The summed E-state index contributed by atoms with van der Waals surface area (Å²) in [5, 5.41) is 10.3. The van der Waals surface area contributed by atoms with Crippen molar-refractivity contribution >= 4 is 0 Å². The molecule has 1 saturated heterocycles. The van der Waals surface area contributed by atoms with Crippen molar-refractivity contribution in [3.8, 4) is 0 Å². The third-order valence-corrected chi connectivity index (χ3v) is 7.74. The molecule has 0 aromatic heterocycles. The minimum atomic E-state index is -0.440. The minimum absolute atomic E-state index is 0.180. The molecular weight excluding hydrogens is 224 g/mol. The predicted octanol–water partition coefficient (Wildman–Crippen LogP) is 2.66. The Bertz CT molecular complexity index is 395. The number of hydrogen-bond donors (Lipinski definition) is 1. The van der Waals surface area contributed by atoms with Crippen LogP contribution in [-0.2, 0) is 4.74 Å². The molecule has 100 valence electrons.